The minimum absolute atomic E-state index is 0.0806. The second-order valence-electron chi connectivity index (χ2n) is 6.12. The van der Waals surface area contributed by atoms with Crippen LogP contribution < -0.4 is 10.9 Å². The van der Waals surface area contributed by atoms with Crippen LogP contribution >= 0.6 is 11.6 Å². The number of nitrogens with zero attached hydrogens (tertiary/aromatic N) is 2. The first kappa shape index (κ1) is 17.0. The number of hydrogen-bond acceptors (Lipinski definition) is 4. The molecule has 0 unspecified atom stereocenters. The Morgan fingerprint density at radius 3 is 2.43 bits per heavy atom. The molecule has 0 amide bonds. The molecule has 0 saturated carbocycles. The van der Waals surface area contributed by atoms with Gasteiger partial charge in [0.15, 0.2) is 0 Å². The Bertz CT molecular complexity index is 777. The van der Waals surface area contributed by atoms with Gasteiger partial charge in [-0.1, -0.05) is 23.7 Å². The van der Waals surface area contributed by atoms with Crippen molar-refractivity contribution in [1.29, 1.82) is 0 Å². The van der Waals surface area contributed by atoms with Crippen LogP contribution in [0.25, 0.3) is 0 Å². The zero-order chi connectivity index (χ0) is 17.2. The van der Waals surface area contributed by atoms with E-state index in [2.05, 4.69) is 10.4 Å². The summed E-state index contributed by atoms with van der Waals surface area (Å²) in [6, 6.07) is 6.45. The molecule has 0 aliphatic heterocycles. The van der Waals surface area contributed by atoms with Gasteiger partial charge in [-0.05, 0) is 38.5 Å². The highest BCUT2D eigenvalue weighted by molar-refractivity contribution is 6.32. The van der Waals surface area contributed by atoms with Crippen LogP contribution in [0.15, 0.2) is 35.3 Å². The topological polar surface area (TPSA) is 84.2 Å². The Labute approximate surface area is 138 Å². The molecule has 1 heterocycles. The van der Waals surface area contributed by atoms with Crippen molar-refractivity contribution in [1.82, 2.24) is 9.78 Å². The highest BCUT2D eigenvalue weighted by atomic mass is 35.5. The van der Waals surface area contributed by atoms with E-state index >= 15 is 0 Å². The van der Waals surface area contributed by atoms with Crippen LogP contribution in [0.5, 0.6) is 0 Å². The Hall–Kier alpha value is -2.34. The first-order valence-electron chi connectivity index (χ1n) is 7.04. The average Bonchev–Trinajstić information content (AvgIpc) is 2.48. The van der Waals surface area contributed by atoms with E-state index in [4.69, 9.17) is 16.7 Å². The summed E-state index contributed by atoms with van der Waals surface area (Å²) in [4.78, 5) is 23.0. The summed E-state index contributed by atoms with van der Waals surface area (Å²) in [5.74, 6) is -0.970. The minimum atomic E-state index is -0.970. The molecule has 2 N–H and O–H groups in total. The van der Waals surface area contributed by atoms with Crippen molar-refractivity contribution in [3.63, 3.8) is 0 Å². The molecule has 6 nitrogen and oxygen atoms in total. The SMILES string of the molecule is CC(C)(C)n1ncc(NCc2ccc(C(=O)O)cc2)c(Cl)c1=O. The molecule has 0 saturated heterocycles. The van der Waals surface area contributed by atoms with Gasteiger partial charge in [0.25, 0.3) is 5.56 Å². The molecule has 0 aliphatic carbocycles. The van der Waals surface area contributed by atoms with Gasteiger partial charge in [0.05, 0.1) is 23.0 Å². The van der Waals surface area contributed by atoms with Crippen molar-refractivity contribution < 1.29 is 9.90 Å². The van der Waals surface area contributed by atoms with Crippen LogP contribution in [0.2, 0.25) is 5.02 Å². The summed E-state index contributed by atoms with van der Waals surface area (Å²) < 4.78 is 1.34. The Morgan fingerprint density at radius 2 is 1.91 bits per heavy atom. The largest absolute Gasteiger partial charge is 0.478 e. The number of rotatable bonds is 4. The van der Waals surface area contributed by atoms with Gasteiger partial charge in [0, 0.05) is 6.54 Å². The van der Waals surface area contributed by atoms with Crippen molar-refractivity contribution in [3.8, 4) is 0 Å². The Kier molecular flexibility index (Phi) is 4.75. The fraction of sp³-hybridized carbons (Fsp3) is 0.312. The fourth-order valence-corrected chi connectivity index (χ4v) is 2.19. The maximum absolute atomic E-state index is 12.2. The van der Waals surface area contributed by atoms with Gasteiger partial charge < -0.3 is 10.4 Å². The lowest BCUT2D eigenvalue weighted by molar-refractivity contribution is 0.0697. The number of aromatic carboxylic acids is 1. The monoisotopic (exact) mass is 335 g/mol. The second kappa shape index (κ2) is 6.42. The molecule has 0 fully saturated rings. The summed E-state index contributed by atoms with van der Waals surface area (Å²) in [5.41, 5.74) is 0.725. The van der Waals surface area contributed by atoms with Crippen molar-refractivity contribution in [3.05, 3.63) is 57.0 Å². The number of nitrogens with one attached hydrogen (secondary N) is 1. The van der Waals surface area contributed by atoms with Gasteiger partial charge in [0.1, 0.15) is 5.02 Å². The first-order valence-corrected chi connectivity index (χ1v) is 7.42. The summed E-state index contributed by atoms with van der Waals surface area (Å²) in [7, 11) is 0. The smallest absolute Gasteiger partial charge is 0.335 e. The number of anilines is 1. The number of carboxylic acid groups (broad SMARTS) is 1. The predicted molar refractivity (Wildman–Crippen MR) is 89.2 cm³/mol. The quantitative estimate of drug-likeness (QED) is 0.897. The third-order valence-corrected chi connectivity index (χ3v) is 3.60. The molecule has 0 atom stereocenters. The van der Waals surface area contributed by atoms with Gasteiger partial charge in [0.2, 0.25) is 0 Å². The van der Waals surface area contributed by atoms with E-state index in [1.54, 1.807) is 12.1 Å². The van der Waals surface area contributed by atoms with Gasteiger partial charge in [-0.2, -0.15) is 5.10 Å². The second-order valence-corrected chi connectivity index (χ2v) is 6.49. The molecule has 2 aromatic rings. The lowest BCUT2D eigenvalue weighted by Crippen LogP contribution is -2.36. The molecular formula is C16H18ClN3O3. The van der Waals surface area contributed by atoms with Gasteiger partial charge >= 0.3 is 5.97 Å². The van der Waals surface area contributed by atoms with Crippen molar-refractivity contribution in [2.45, 2.75) is 32.9 Å². The summed E-state index contributed by atoms with van der Waals surface area (Å²) in [6.45, 7) is 6.01. The zero-order valence-electron chi connectivity index (χ0n) is 13.1. The van der Waals surface area contributed by atoms with E-state index < -0.39 is 11.5 Å². The van der Waals surface area contributed by atoms with E-state index in [0.717, 1.165) is 5.56 Å². The van der Waals surface area contributed by atoms with E-state index in [1.165, 1.54) is 23.0 Å². The molecule has 23 heavy (non-hydrogen) atoms. The lowest BCUT2D eigenvalue weighted by atomic mass is 10.1. The average molecular weight is 336 g/mol. The highest BCUT2D eigenvalue weighted by Crippen LogP contribution is 2.19. The van der Waals surface area contributed by atoms with Crippen LogP contribution in [0.4, 0.5) is 5.69 Å². The first-order chi connectivity index (χ1) is 10.7. The number of aromatic nitrogens is 2. The molecule has 0 aliphatic rings. The molecule has 7 heteroatoms. The minimum Gasteiger partial charge on any atom is -0.478 e. The van der Waals surface area contributed by atoms with Crippen LogP contribution in [-0.2, 0) is 12.1 Å². The summed E-state index contributed by atoms with van der Waals surface area (Å²) in [6.07, 6.45) is 1.51. The lowest BCUT2D eigenvalue weighted by Gasteiger charge is -2.21. The number of hydrogen-bond donors (Lipinski definition) is 2. The zero-order valence-corrected chi connectivity index (χ0v) is 13.9. The summed E-state index contributed by atoms with van der Waals surface area (Å²) in [5, 5.41) is 16.1. The van der Waals surface area contributed by atoms with Crippen LogP contribution in [-0.4, -0.2) is 20.9 Å². The maximum atomic E-state index is 12.2. The molecule has 1 aromatic carbocycles. The number of carboxylic acids is 1. The predicted octanol–water partition coefficient (Wildman–Crippen LogP) is 2.96. The summed E-state index contributed by atoms with van der Waals surface area (Å²) >= 11 is 6.12. The van der Waals surface area contributed by atoms with E-state index in [1.807, 2.05) is 20.8 Å². The number of benzene rings is 1. The Balaban J connectivity index is 2.17. The van der Waals surface area contributed by atoms with Crippen molar-refractivity contribution in [2.24, 2.45) is 0 Å². The molecule has 0 radical (unpaired) electrons. The third-order valence-electron chi connectivity index (χ3n) is 3.24. The van der Waals surface area contributed by atoms with Gasteiger partial charge in [-0.25, -0.2) is 9.48 Å². The van der Waals surface area contributed by atoms with Crippen molar-refractivity contribution >= 4 is 23.3 Å². The van der Waals surface area contributed by atoms with Crippen molar-refractivity contribution in [2.75, 3.05) is 5.32 Å². The molecule has 0 bridgehead atoms. The van der Waals surface area contributed by atoms with Crippen LogP contribution in [0, 0.1) is 0 Å². The standard InChI is InChI=1S/C16H18ClN3O3/c1-16(2,3)20-14(21)13(17)12(9-19-20)18-8-10-4-6-11(7-5-10)15(22)23/h4-7,9,18H,8H2,1-3H3,(H,22,23). The molecule has 1 aromatic heterocycles. The van der Waals surface area contributed by atoms with Crippen LogP contribution in [0.3, 0.4) is 0 Å². The molecule has 2 rings (SSSR count). The molecular weight excluding hydrogens is 318 g/mol. The third kappa shape index (κ3) is 3.90. The number of halogens is 1. The maximum Gasteiger partial charge on any atom is 0.335 e. The highest BCUT2D eigenvalue weighted by Gasteiger charge is 2.19. The van der Waals surface area contributed by atoms with Gasteiger partial charge in [-0.15, -0.1) is 0 Å². The van der Waals surface area contributed by atoms with E-state index in [-0.39, 0.29) is 16.1 Å². The van der Waals surface area contributed by atoms with Crippen LogP contribution in [0.1, 0.15) is 36.7 Å². The fourth-order valence-electron chi connectivity index (χ4n) is 2.00. The molecule has 0 spiro atoms. The van der Waals surface area contributed by atoms with E-state index in [0.29, 0.717) is 12.2 Å². The van der Waals surface area contributed by atoms with E-state index in [9.17, 15) is 9.59 Å². The molecule has 122 valence electrons. The number of carbonyl (C=O) groups is 1. The Morgan fingerprint density at radius 1 is 1.30 bits per heavy atom. The van der Waals surface area contributed by atoms with Gasteiger partial charge in [-0.3, -0.25) is 4.79 Å². The normalized spacial score (nSPS) is 11.3.